The zero-order valence-corrected chi connectivity index (χ0v) is 15.3. The molecule has 1 aromatic rings. The molecule has 3 saturated carbocycles. The van der Waals surface area contributed by atoms with Crippen molar-refractivity contribution >= 4 is 36.6 Å². The number of rotatable bonds is 3. The fourth-order valence-corrected chi connectivity index (χ4v) is 11.1. The molecule has 0 N–H and O–H groups in total. The number of hydrogen-bond donors (Lipinski definition) is 0. The van der Waals surface area contributed by atoms with E-state index in [0.717, 1.165) is 19.3 Å². The fourth-order valence-electron chi connectivity index (χ4n) is 3.47. The summed E-state index contributed by atoms with van der Waals surface area (Å²) in [6.45, 7) is 0. The van der Waals surface area contributed by atoms with Gasteiger partial charge < -0.3 is 0 Å². The summed E-state index contributed by atoms with van der Waals surface area (Å²) in [5.74, 6) is -0.0905. The van der Waals surface area contributed by atoms with Gasteiger partial charge in [-0.15, -0.1) is 0 Å². The second kappa shape index (κ2) is 4.07. The molecule has 5 heteroatoms. The Balaban J connectivity index is 1.70. The second-order valence-corrected chi connectivity index (χ2v) is 23.4. The Kier molecular flexibility index (Phi) is 2.92. The van der Waals surface area contributed by atoms with Crippen LogP contribution in [0.4, 0.5) is 0 Å². The van der Waals surface area contributed by atoms with Gasteiger partial charge in [-0.2, -0.15) is 0 Å². The molecule has 0 spiro atoms. The monoisotopic (exact) mass is 385 g/mol. The van der Waals surface area contributed by atoms with Crippen LogP contribution in [0.3, 0.4) is 0 Å². The summed E-state index contributed by atoms with van der Waals surface area (Å²) in [6, 6.07) is 5.42. The zero-order valence-electron chi connectivity index (χ0n) is 11.6. The molecule has 19 heavy (non-hydrogen) atoms. The molecule has 0 atom stereocenters. The van der Waals surface area contributed by atoms with Crippen molar-refractivity contribution in [3.05, 3.63) is 29.0 Å². The third-order valence-electron chi connectivity index (χ3n) is 5.02. The van der Waals surface area contributed by atoms with Gasteiger partial charge in [0.05, 0.1) is 0 Å². The van der Waals surface area contributed by atoms with Crippen LogP contribution in [0.15, 0.2) is 24.4 Å². The summed E-state index contributed by atoms with van der Waals surface area (Å²) in [4.78, 5) is 25.2. The van der Waals surface area contributed by atoms with E-state index in [9.17, 15) is 4.79 Å². The van der Waals surface area contributed by atoms with Crippen molar-refractivity contribution in [2.24, 2.45) is 5.41 Å². The topological polar surface area (TPSA) is 31.2 Å². The number of pyridine rings is 1. The van der Waals surface area contributed by atoms with Gasteiger partial charge in [-0.3, -0.25) is 0 Å². The molecule has 0 amide bonds. The molecule has 0 aromatic carbocycles. The first-order valence-corrected chi connectivity index (χ1v) is 17.1. The average molecular weight is 384 g/mol. The molecule has 3 aliphatic rings. The maximum atomic E-state index is 12.3. The molecular weight excluding hydrogens is 365 g/mol. The van der Waals surface area contributed by atoms with Gasteiger partial charge in [-0.05, 0) is 0 Å². The van der Waals surface area contributed by atoms with Crippen molar-refractivity contribution in [1.29, 1.82) is 0 Å². The van der Waals surface area contributed by atoms with Gasteiger partial charge in [-0.1, -0.05) is 0 Å². The van der Waals surface area contributed by atoms with E-state index in [0.29, 0.717) is 8.07 Å². The van der Waals surface area contributed by atoms with Crippen molar-refractivity contribution in [3.8, 4) is 0 Å². The van der Waals surface area contributed by atoms with Crippen LogP contribution in [0.2, 0.25) is 18.2 Å². The van der Waals surface area contributed by atoms with Crippen LogP contribution in [0.25, 0.3) is 0 Å². The number of nitrogens with zero attached hydrogens (tertiary/aromatic N) is 1. The molecule has 3 aliphatic carbocycles. The van der Waals surface area contributed by atoms with E-state index in [-0.39, 0.29) is 11.4 Å². The van der Waals surface area contributed by atoms with Crippen LogP contribution in [0.1, 0.15) is 19.3 Å². The Hall–Kier alpha value is -0.361. The van der Waals surface area contributed by atoms with Crippen molar-refractivity contribution in [1.82, 2.24) is 4.73 Å². The molecule has 0 radical (unpaired) electrons. The predicted octanol–water partition coefficient (Wildman–Crippen LogP) is 3.44. The van der Waals surface area contributed by atoms with E-state index in [1.165, 1.54) is 4.73 Å². The Morgan fingerprint density at radius 1 is 1.32 bits per heavy atom. The minimum atomic E-state index is -1.90. The summed E-state index contributed by atoms with van der Waals surface area (Å²) in [6.07, 6.45) is 4.86. The van der Waals surface area contributed by atoms with Gasteiger partial charge in [0.2, 0.25) is 0 Å². The van der Waals surface area contributed by atoms with Crippen LogP contribution in [-0.4, -0.2) is 29.1 Å². The first kappa shape index (κ1) is 13.6. The first-order valence-electron chi connectivity index (χ1n) is 6.69. The van der Waals surface area contributed by atoms with Crippen LogP contribution < -0.4 is 4.84 Å². The van der Waals surface area contributed by atoms with Crippen molar-refractivity contribution in [2.75, 3.05) is 0 Å². The van der Waals surface area contributed by atoms with E-state index in [2.05, 4.69) is 14.8 Å². The fraction of sp³-hybridized carbons (Fsp3) is 0.571. The first-order chi connectivity index (χ1) is 8.78. The Morgan fingerprint density at radius 3 is 2.47 bits per heavy atom. The summed E-state index contributed by atoms with van der Waals surface area (Å²) in [5.41, 5.74) is -0.186. The molecule has 4 rings (SSSR count). The zero-order chi connectivity index (χ0) is 13.9. The quantitative estimate of drug-likeness (QED) is 0.591. The summed E-state index contributed by atoms with van der Waals surface area (Å²) >= 11 is 3.24. The molecule has 1 aromatic heterocycles. The van der Waals surface area contributed by atoms with E-state index in [1.807, 2.05) is 12.1 Å². The molecule has 2 bridgehead atoms. The molecule has 0 unspecified atom stereocenters. The minimum absolute atomic E-state index is 0.0905. The van der Waals surface area contributed by atoms with Gasteiger partial charge >= 0.3 is 123 Å². The van der Waals surface area contributed by atoms with Gasteiger partial charge in [0, 0.05) is 0 Å². The Labute approximate surface area is 122 Å². The van der Waals surface area contributed by atoms with E-state index in [4.69, 9.17) is 17.1 Å². The van der Waals surface area contributed by atoms with Crippen LogP contribution in [-0.2, 0) is 4.79 Å². The summed E-state index contributed by atoms with van der Waals surface area (Å²) < 4.78 is 2.50. The molecule has 102 valence electrons. The van der Waals surface area contributed by atoms with Crippen LogP contribution >= 0.6 is 12.2 Å². The van der Waals surface area contributed by atoms with Crippen molar-refractivity contribution in [3.63, 3.8) is 0 Å². The molecule has 1 heterocycles. The number of hydrogen-bond acceptors (Lipinski definition) is 3. The molecule has 3 fully saturated rings. The molecule has 0 saturated heterocycles. The summed E-state index contributed by atoms with van der Waals surface area (Å²) in [7, 11) is 0. The van der Waals surface area contributed by atoms with Gasteiger partial charge in [0.15, 0.2) is 0 Å². The molecular formula is C14H19NO2SSn. The van der Waals surface area contributed by atoms with Gasteiger partial charge in [-0.25, -0.2) is 0 Å². The molecule has 3 nitrogen and oxygen atoms in total. The van der Waals surface area contributed by atoms with E-state index < -0.39 is 18.4 Å². The van der Waals surface area contributed by atoms with Crippen molar-refractivity contribution in [2.45, 2.75) is 37.5 Å². The maximum absolute atomic E-state index is 12.3. The normalized spacial score (nSPS) is 32.2. The van der Waals surface area contributed by atoms with Crippen molar-refractivity contribution < 1.29 is 9.63 Å². The number of carbonyl (C=O) groups excluding carboxylic acids is 1. The van der Waals surface area contributed by atoms with E-state index >= 15 is 0 Å². The third kappa shape index (κ3) is 1.90. The number of aromatic nitrogens is 1. The SMILES string of the molecule is [CH3][Sn]([CH3])([CH3])[C]12CC(C(=O)On3ccccc3=S)(C1)C2. The standard InChI is InChI=1S/C11H10NO2S.3CH3.Sn/c13-10(11-5-8(6-11)7-11)14-12-4-2-1-3-9(12)15;;;;/h1-4H,5-7H2;3*1H3;. The summed E-state index contributed by atoms with van der Waals surface area (Å²) in [5, 5.41) is 0. The predicted molar refractivity (Wildman–Crippen MR) is 79.2 cm³/mol. The number of carbonyl (C=O) groups is 1. The van der Waals surface area contributed by atoms with Crippen LogP contribution in [0.5, 0.6) is 0 Å². The van der Waals surface area contributed by atoms with Gasteiger partial charge in [0.25, 0.3) is 0 Å². The van der Waals surface area contributed by atoms with Gasteiger partial charge in [0.1, 0.15) is 0 Å². The average Bonchev–Trinajstić information content (AvgIpc) is 2.14. The third-order valence-corrected chi connectivity index (χ3v) is 15.9. The Morgan fingerprint density at radius 2 is 1.95 bits per heavy atom. The molecule has 0 aliphatic heterocycles. The van der Waals surface area contributed by atoms with Crippen LogP contribution in [0, 0.1) is 10.1 Å². The Bertz CT molecular complexity index is 582. The second-order valence-electron chi connectivity index (χ2n) is 7.08. The van der Waals surface area contributed by atoms with E-state index in [1.54, 1.807) is 12.3 Å².